The van der Waals surface area contributed by atoms with Gasteiger partial charge in [-0.2, -0.15) is 0 Å². The Labute approximate surface area is 92.7 Å². The lowest BCUT2D eigenvalue weighted by molar-refractivity contribution is 0.0834. The normalized spacial score (nSPS) is 18.0. The van der Waals surface area contributed by atoms with Crippen LogP contribution in [-0.2, 0) is 4.74 Å². The molecule has 2 aromatic heterocycles. The summed E-state index contributed by atoms with van der Waals surface area (Å²) in [6.45, 7) is 1.55. The Bertz CT molecular complexity index is 503. The first-order chi connectivity index (χ1) is 7.84. The quantitative estimate of drug-likeness (QED) is 0.786. The molecule has 3 rings (SSSR count). The topological polar surface area (TPSA) is 59.7 Å². The monoisotopic (exact) mass is 219 g/mol. The number of pyridine rings is 1. The molecule has 5 heteroatoms. The van der Waals surface area contributed by atoms with Crippen LogP contribution in [0.5, 0.6) is 5.75 Å². The van der Waals surface area contributed by atoms with Crippen LogP contribution < -0.4 is 0 Å². The maximum atomic E-state index is 9.47. The van der Waals surface area contributed by atoms with Crippen LogP contribution in [0, 0.1) is 0 Å². The summed E-state index contributed by atoms with van der Waals surface area (Å²) in [7, 11) is 0. The Morgan fingerprint density at radius 2 is 2.06 bits per heavy atom. The standard InChI is InChI=1S/C11H13N3O2/c15-9-1-2-10-12-13-11(14(10)7-9)8-3-5-16-6-4-8/h1-2,7-8,15H,3-6H2. The van der Waals surface area contributed by atoms with E-state index in [-0.39, 0.29) is 5.75 Å². The van der Waals surface area contributed by atoms with Gasteiger partial charge in [-0.25, -0.2) is 0 Å². The number of aromatic nitrogens is 3. The fraction of sp³-hybridized carbons (Fsp3) is 0.455. The highest BCUT2D eigenvalue weighted by Crippen LogP contribution is 2.26. The highest BCUT2D eigenvalue weighted by Gasteiger charge is 2.21. The molecule has 1 N–H and O–H groups in total. The predicted octanol–water partition coefficient (Wildman–Crippen LogP) is 1.33. The second-order valence-electron chi connectivity index (χ2n) is 4.06. The number of hydrogen-bond acceptors (Lipinski definition) is 4. The Hall–Kier alpha value is -1.62. The van der Waals surface area contributed by atoms with E-state index in [0.717, 1.165) is 37.5 Å². The van der Waals surface area contributed by atoms with Crippen LogP contribution in [-0.4, -0.2) is 32.9 Å². The lowest BCUT2D eigenvalue weighted by atomic mass is 10.00. The Morgan fingerprint density at radius 1 is 1.25 bits per heavy atom. The Balaban J connectivity index is 2.05. The molecule has 2 aromatic rings. The van der Waals surface area contributed by atoms with Crippen molar-refractivity contribution < 1.29 is 9.84 Å². The van der Waals surface area contributed by atoms with Gasteiger partial charge in [-0.1, -0.05) is 0 Å². The number of fused-ring (bicyclic) bond motifs is 1. The first kappa shape index (κ1) is 9.59. The van der Waals surface area contributed by atoms with Gasteiger partial charge in [0, 0.05) is 19.1 Å². The number of aromatic hydroxyl groups is 1. The third kappa shape index (κ3) is 1.53. The Kier molecular flexibility index (Phi) is 2.25. The van der Waals surface area contributed by atoms with Crippen molar-refractivity contribution in [1.29, 1.82) is 0 Å². The van der Waals surface area contributed by atoms with Crippen molar-refractivity contribution in [2.75, 3.05) is 13.2 Å². The molecule has 0 aromatic carbocycles. The predicted molar refractivity (Wildman–Crippen MR) is 57.4 cm³/mol. The van der Waals surface area contributed by atoms with Crippen molar-refractivity contribution in [3.05, 3.63) is 24.2 Å². The van der Waals surface area contributed by atoms with E-state index in [1.165, 1.54) is 0 Å². The molecule has 0 unspecified atom stereocenters. The zero-order valence-electron chi connectivity index (χ0n) is 8.83. The first-order valence-electron chi connectivity index (χ1n) is 5.46. The van der Waals surface area contributed by atoms with Gasteiger partial charge in [0.2, 0.25) is 0 Å². The van der Waals surface area contributed by atoms with Crippen LogP contribution in [0.15, 0.2) is 18.3 Å². The van der Waals surface area contributed by atoms with Crippen molar-refractivity contribution in [3.8, 4) is 5.75 Å². The summed E-state index contributed by atoms with van der Waals surface area (Å²) in [4.78, 5) is 0. The summed E-state index contributed by atoms with van der Waals surface area (Å²) in [5.74, 6) is 1.54. The molecule has 3 heterocycles. The second kappa shape index (κ2) is 3.75. The molecule has 1 aliphatic rings. The molecule has 0 radical (unpaired) electrons. The van der Waals surface area contributed by atoms with E-state index in [0.29, 0.717) is 5.92 Å². The summed E-state index contributed by atoms with van der Waals surface area (Å²) in [6.07, 6.45) is 3.60. The first-order valence-corrected chi connectivity index (χ1v) is 5.46. The molecule has 0 aliphatic carbocycles. The van der Waals surface area contributed by atoms with E-state index in [2.05, 4.69) is 10.2 Å². The molecule has 16 heavy (non-hydrogen) atoms. The van der Waals surface area contributed by atoms with Gasteiger partial charge in [0.15, 0.2) is 5.65 Å². The van der Waals surface area contributed by atoms with Gasteiger partial charge in [0.1, 0.15) is 11.6 Å². The summed E-state index contributed by atoms with van der Waals surface area (Å²) >= 11 is 0. The van der Waals surface area contributed by atoms with Crippen molar-refractivity contribution in [1.82, 2.24) is 14.6 Å². The molecule has 1 fully saturated rings. The van der Waals surface area contributed by atoms with Gasteiger partial charge in [-0.3, -0.25) is 4.40 Å². The van der Waals surface area contributed by atoms with Crippen molar-refractivity contribution in [2.24, 2.45) is 0 Å². The number of ether oxygens (including phenoxy) is 1. The minimum Gasteiger partial charge on any atom is -0.506 e. The van der Waals surface area contributed by atoms with Gasteiger partial charge in [-0.15, -0.1) is 10.2 Å². The van der Waals surface area contributed by atoms with E-state index >= 15 is 0 Å². The zero-order valence-corrected chi connectivity index (χ0v) is 8.83. The fourth-order valence-electron chi connectivity index (χ4n) is 2.13. The second-order valence-corrected chi connectivity index (χ2v) is 4.06. The summed E-state index contributed by atoms with van der Waals surface area (Å²) in [5, 5.41) is 17.8. The van der Waals surface area contributed by atoms with Crippen LogP contribution in [0.25, 0.3) is 5.65 Å². The smallest absolute Gasteiger partial charge is 0.161 e. The minimum absolute atomic E-state index is 0.237. The van der Waals surface area contributed by atoms with E-state index in [1.54, 1.807) is 18.3 Å². The molecule has 84 valence electrons. The highest BCUT2D eigenvalue weighted by atomic mass is 16.5. The van der Waals surface area contributed by atoms with Crippen molar-refractivity contribution >= 4 is 5.65 Å². The molecule has 5 nitrogen and oxygen atoms in total. The van der Waals surface area contributed by atoms with Gasteiger partial charge in [0.25, 0.3) is 0 Å². The average molecular weight is 219 g/mol. The summed E-state index contributed by atoms with van der Waals surface area (Å²) < 4.78 is 7.19. The van der Waals surface area contributed by atoms with Crippen LogP contribution in [0.2, 0.25) is 0 Å². The summed E-state index contributed by atoms with van der Waals surface area (Å²) in [6, 6.07) is 3.39. The van der Waals surface area contributed by atoms with Crippen molar-refractivity contribution in [3.63, 3.8) is 0 Å². The molecule has 0 atom stereocenters. The van der Waals surface area contributed by atoms with Gasteiger partial charge < -0.3 is 9.84 Å². The average Bonchev–Trinajstić information content (AvgIpc) is 2.73. The number of nitrogens with zero attached hydrogens (tertiary/aromatic N) is 3. The largest absolute Gasteiger partial charge is 0.506 e. The van der Waals surface area contributed by atoms with Gasteiger partial charge >= 0.3 is 0 Å². The maximum absolute atomic E-state index is 9.47. The van der Waals surface area contributed by atoms with Crippen molar-refractivity contribution in [2.45, 2.75) is 18.8 Å². The van der Waals surface area contributed by atoms with Gasteiger partial charge in [-0.05, 0) is 25.0 Å². The number of rotatable bonds is 1. The van der Waals surface area contributed by atoms with Crippen LogP contribution >= 0.6 is 0 Å². The van der Waals surface area contributed by atoms with Crippen LogP contribution in [0.3, 0.4) is 0 Å². The van der Waals surface area contributed by atoms with Crippen LogP contribution in [0.4, 0.5) is 0 Å². The molecule has 0 bridgehead atoms. The molecule has 0 amide bonds. The lowest BCUT2D eigenvalue weighted by Gasteiger charge is -2.20. The van der Waals surface area contributed by atoms with E-state index in [1.807, 2.05) is 4.40 Å². The van der Waals surface area contributed by atoms with Gasteiger partial charge in [0.05, 0.1) is 6.20 Å². The SMILES string of the molecule is Oc1ccc2nnc(C3CCOCC3)n2c1. The highest BCUT2D eigenvalue weighted by molar-refractivity contribution is 5.41. The molecular weight excluding hydrogens is 206 g/mol. The molecule has 1 aliphatic heterocycles. The zero-order chi connectivity index (χ0) is 11.0. The number of hydrogen-bond donors (Lipinski definition) is 1. The lowest BCUT2D eigenvalue weighted by Crippen LogP contribution is -2.16. The summed E-state index contributed by atoms with van der Waals surface area (Å²) in [5.41, 5.74) is 0.777. The van der Waals surface area contributed by atoms with E-state index in [9.17, 15) is 5.11 Å². The minimum atomic E-state index is 0.237. The fourth-order valence-corrected chi connectivity index (χ4v) is 2.13. The Morgan fingerprint density at radius 3 is 2.88 bits per heavy atom. The third-order valence-electron chi connectivity index (χ3n) is 3.00. The molecule has 0 saturated carbocycles. The van der Waals surface area contributed by atoms with E-state index in [4.69, 9.17) is 4.74 Å². The molecule has 1 saturated heterocycles. The molecule has 0 spiro atoms. The van der Waals surface area contributed by atoms with Crippen LogP contribution in [0.1, 0.15) is 24.6 Å². The maximum Gasteiger partial charge on any atom is 0.161 e. The molecular formula is C11H13N3O2. The van der Waals surface area contributed by atoms with E-state index < -0.39 is 0 Å². The third-order valence-corrected chi connectivity index (χ3v) is 3.00.